The van der Waals surface area contributed by atoms with E-state index in [0.29, 0.717) is 0 Å². The molecule has 0 spiro atoms. The maximum absolute atomic E-state index is 11.5. The summed E-state index contributed by atoms with van der Waals surface area (Å²) >= 11 is 0. The van der Waals surface area contributed by atoms with Gasteiger partial charge in [-0.15, -0.1) is 6.58 Å². The Hall–Kier alpha value is -1.63. The maximum Gasteiger partial charge on any atom is 0.322 e. The van der Waals surface area contributed by atoms with Crippen LogP contribution >= 0.6 is 0 Å². The van der Waals surface area contributed by atoms with Gasteiger partial charge in [0.1, 0.15) is 5.25 Å². The summed E-state index contributed by atoms with van der Waals surface area (Å²) in [7, 11) is -4.13. The summed E-state index contributed by atoms with van der Waals surface area (Å²) in [6, 6.07) is 0. The first kappa shape index (κ1) is 15.4. The Bertz CT molecular complexity index is 420. The lowest BCUT2D eigenvalue weighted by Gasteiger charge is -2.09. The third kappa shape index (κ3) is 5.86. The van der Waals surface area contributed by atoms with Gasteiger partial charge < -0.3 is 9.29 Å². The van der Waals surface area contributed by atoms with Crippen molar-refractivity contribution in [2.45, 2.75) is 25.0 Å². The number of aliphatic carboxylic acids is 1. The summed E-state index contributed by atoms with van der Waals surface area (Å²) in [5.41, 5.74) is 0. The van der Waals surface area contributed by atoms with Gasteiger partial charge in [-0.3, -0.25) is 9.59 Å². The highest BCUT2D eigenvalue weighted by atomic mass is 32.2. The van der Waals surface area contributed by atoms with Crippen molar-refractivity contribution in [1.82, 2.24) is 0 Å². The molecule has 0 aliphatic carbocycles. The second-order valence-corrected chi connectivity index (χ2v) is 4.76. The topological polar surface area (TPSA) is 97.7 Å². The molecule has 0 saturated carbocycles. The smallest absolute Gasteiger partial charge is 0.322 e. The average molecular weight is 262 g/mol. The number of rotatable bonds is 7. The van der Waals surface area contributed by atoms with E-state index < -0.39 is 40.1 Å². The van der Waals surface area contributed by atoms with Gasteiger partial charge in [-0.1, -0.05) is 18.2 Å². The lowest BCUT2D eigenvalue weighted by Crippen LogP contribution is -2.23. The van der Waals surface area contributed by atoms with Crippen LogP contribution in [0.2, 0.25) is 0 Å². The molecule has 0 fully saturated rings. The number of carboxylic acid groups (broad SMARTS) is 1. The van der Waals surface area contributed by atoms with Crippen LogP contribution in [-0.2, 0) is 23.9 Å². The SMILES string of the molecule is C=CC(C=CC)S(=O)(=O)OC(=O)CCC(=O)O. The summed E-state index contributed by atoms with van der Waals surface area (Å²) in [5.74, 6) is -2.29. The zero-order valence-corrected chi connectivity index (χ0v) is 10.1. The van der Waals surface area contributed by atoms with Crippen molar-refractivity contribution in [2.24, 2.45) is 0 Å². The molecule has 0 aromatic heterocycles. The Morgan fingerprint density at radius 3 is 2.41 bits per heavy atom. The van der Waals surface area contributed by atoms with Gasteiger partial charge in [-0.05, 0) is 6.92 Å². The van der Waals surface area contributed by atoms with Crippen LogP contribution in [0.1, 0.15) is 19.8 Å². The largest absolute Gasteiger partial charge is 0.481 e. The second-order valence-electron chi connectivity index (χ2n) is 3.07. The van der Waals surface area contributed by atoms with Gasteiger partial charge in [0.05, 0.1) is 12.8 Å². The van der Waals surface area contributed by atoms with Crippen molar-refractivity contribution in [1.29, 1.82) is 0 Å². The Morgan fingerprint density at radius 2 is 2.00 bits per heavy atom. The van der Waals surface area contributed by atoms with Crippen molar-refractivity contribution in [3.8, 4) is 0 Å². The van der Waals surface area contributed by atoms with E-state index in [9.17, 15) is 18.0 Å². The Labute approximate surface area is 99.7 Å². The number of carbonyl (C=O) groups is 2. The fourth-order valence-corrected chi connectivity index (χ4v) is 1.96. The van der Waals surface area contributed by atoms with Gasteiger partial charge in [0, 0.05) is 0 Å². The molecule has 17 heavy (non-hydrogen) atoms. The van der Waals surface area contributed by atoms with Crippen LogP contribution in [0.5, 0.6) is 0 Å². The minimum atomic E-state index is -4.13. The van der Waals surface area contributed by atoms with E-state index in [1.54, 1.807) is 6.92 Å². The number of hydrogen-bond donors (Lipinski definition) is 1. The van der Waals surface area contributed by atoms with Crippen LogP contribution in [0.15, 0.2) is 24.8 Å². The van der Waals surface area contributed by atoms with Crippen molar-refractivity contribution in [3.63, 3.8) is 0 Å². The van der Waals surface area contributed by atoms with Gasteiger partial charge in [-0.25, -0.2) is 0 Å². The standard InChI is InChI=1S/C10H14O6S/c1-3-5-8(4-2)17(14,15)16-10(13)7-6-9(11)12/h3-5,8H,2,6-7H2,1H3,(H,11,12). The van der Waals surface area contributed by atoms with Gasteiger partial charge >= 0.3 is 22.1 Å². The van der Waals surface area contributed by atoms with Crippen LogP contribution in [0.25, 0.3) is 0 Å². The second kappa shape index (κ2) is 6.85. The highest BCUT2D eigenvalue weighted by Crippen LogP contribution is 2.09. The highest BCUT2D eigenvalue weighted by molar-refractivity contribution is 7.88. The quantitative estimate of drug-likeness (QED) is 0.539. The van der Waals surface area contributed by atoms with E-state index in [1.807, 2.05) is 0 Å². The van der Waals surface area contributed by atoms with Crippen LogP contribution in [0, 0.1) is 0 Å². The molecule has 1 unspecified atom stereocenters. The summed E-state index contributed by atoms with van der Waals surface area (Å²) in [5, 5.41) is 7.19. The molecule has 6 nitrogen and oxygen atoms in total. The number of carbonyl (C=O) groups excluding carboxylic acids is 1. The Balaban J connectivity index is 4.58. The normalized spacial score (nSPS) is 13.2. The minimum Gasteiger partial charge on any atom is -0.481 e. The van der Waals surface area contributed by atoms with E-state index in [2.05, 4.69) is 10.8 Å². The van der Waals surface area contributed by atoms with Gasteiger partial charge in [0.15, 0.2) is 0 Å². The van der Waals surface area contributed by atoms with E-state index in [-0.39, 0.29) is 0 Å². The maximum atomic E-state index is 11.5. The minimum absolute atomic E-state index is 0.475. The molecule has 0 aliphatic heterocycles. The molecule has 0 bridgehead atoms. The monoisotopic (exact) mass is 262 g/mol. The molecule has 0 rings (SSSR count). The molecule has 1 N–H and O–H groups in total. The molecule has 0 amide bonds. The van der Waals surface area contributed by atoms with Crippen LogP contribution in [0.4, 0.5) is 0 Å². The fraction of sp³-hybridized carbons (Fsp3) is 0.400. The highest BCUT2D eigenvalue weighted by Gasteiger charge is 2.24. The van der Waals surface area contributed by atoms with Crippen LogP contribution in [-0.4, -0.2) is 30.7 Å². The molecule has 0 radical (unpaired) electrons. The Morgan fingerprint density at radius 1 is 1.41 bits per heavy atom. The predicted molar refractivity (Wildman–Crippen MR) is 60.7 cm³/mol. The van der Waals surface area contributed by atoms with Crippen molar-refractivity contribution >= 4 is 22.1 Å². The molecule has 0 saturated heterocycles. The number of hydrogen-bond acceptors (Lipinski definition) is 5. The van der Waals surface area contributed by atoms with E-state index in [0.717, 1.165) is 6.08 Å². The molecule has 0 heterocycles. The lowest BCUT2D eigenvalue weighted by molar-refractivity contribution is -0.142. The van der Waals surface area contributed by atoms with Crippen molar-refractivity contribution in [3.05, 3.63) is 24.8 Å². The molecule has 7 heteroatoms. The van der Waals surface area contributed by atoms with Gasteiger partial charge in [-0.2, -0.15) is 8.42 Å². The zero-order chi connectivity index (χ0) is 13.5. The van der Waals surface area contributed by atoms with E-state index in [1.165, 1.54) is 12.2 Å². The zero-order valence-electron chi connectivity index (χ0n) is 9.33. The van der Waals surface area contributed by atoms with Gasteiger partial charge in [0.25, 0.3) is 0 Å². The van der Waals surface area contributed by atoms with Crippen LogP contribution in [0.3, 0.4) is 0 Å². The van der Waals surface area contributed by atoms with E-state index in [4.69, 9.17) is 5.11 Å². The van der Waals surface area contributed by atoms with Crippen LogP contribution < -0.4 is 0 Å². The first-order valence-corrected chi connectivity index (χ1v) is 6.24. The van der Waals surface area contributed by atoms with Crippen molar-refractivity contribution in [2.75, 3.05) is 0 Å². The third-order valence-electron chi connectivity index (χ3n) is 1.70. The summed E-state index contributed by atoms with van der Waals surface area (Å²) < 4.78 is 27.2. The fourth-order valence-electron chi connectivity index (χ4n) is 0.918. The van der Waals surface area contributed by atoms with Crippen molar-refractivity contribution < 1.29 is 27.3 Å². The molecule has 0 aromatic carbocycles. The first-order chi connectivity index (χ1) is 7.83. The summed E-state index contributed by atoms with van der Waals surface area (Å²) in [6.45, 7) is 4.92. The number of carboxylic acids is 1. The molecular formula is C10H14O6S. The Kier molecular flexibility index (Phi) is 6.19. The molecule has 96 valence electrons. The number of allylic oxidation sites excluding steroid dienone is 1. The molecular weight excluding hydrogens is 248 g/mol. The van der Waals surface area contributed by atoms with Gasteiger partial charge in [0.2, 0.25) is 0 Å². The molecule has 1 atom stereocenters. The summed E-state index contributed by atoms with van der Waals surface area (Å²) in [6.07, 6.45) is 2.92. The lowest BCUT2D eigenvalue weighted by atomic mass is 10.3. The molecule has 0 aromatic rings. The average Bonchev–Trinajstić information content (AvgIpc) is 2.22. The third-order valence-corrected chi connectivity index (χ3v) is 3.13. The first-order valence-electron chi connectivity index (χ1n) is 4.76. The molecule has 0 aliphatic rings. The van der Waals surface area contributed by atoms with E-state index >= 15 is 0 Å². The summed E-state index contributed by atoms with van der Waals surface area (Å²) in [4.78, 5) is 21.2. The predicted octanol–water partition coefficient (Wildman–Crippen LogP) is 0.855.